The van der Waals surface area contributed by atoms with E-state index in [0.29, 0.717) is 15.8 Å². The standard InChI is InChI=1S/C14H18Cl2N2O2/c1-10-8-17(2)5-6-18(10)14(19)9-20-13-4-3-11(15)7-12(13)16/h3-4,7,10H,5-6,8-9H2,1-2H3. The van der Waals surface area contributed by atoms with Gasteiger partial charge in [0.05, 0.1) is 5.02 Å². The molecule has 1 amide bonds. The van der Waals surface area contributed by atoms with Crippen LogP contribution in [0.2, 0.25) is 10.0 Å². The molecule has 1 atom stereocenters. The van der Waals surface area contributed by atoms with Crippen LogP contribution in [-0.4, -0.2) is 55.0 Å². The first-order chi connectivity index (χ1) is 9.47. The van der Waals surface area contributed by atoms with Gasteiger partial charge >= 0.3 is 0 Å². The number of amides is 1. The van der Waals surface area contributed by atoms with Gasteiger partial charge in [-0.25, -0.2) is 0 Å². The average Bonchev–Trinajstić information content (AvgIpc) is 2.37. The molecule has 1 unspecified atom stereocenters. The molecule has 1 aromatic carbocycles. The van der Waals surface area contributed by atoms with Crippen molar-refractivity contribution >= 4 is 29.1 Å². The number of carbonyl (C=O) groups is 1. The molecule has 1 aliphatic heterocycles. The quantitative estimate of drug-likeness (QED) is 0.859. The van der Waals surface area contributed by atoms with Gasteiger partial charge < -0.3 is 14.5 Å². The lowest BCUT2D eigenvalue weighted by Gasteiger charge is -2.38. The minimum Gasteiger partial charge on any atom is -0.482 e. The summed E-state index contributed by atoms with van der Waals surface area (Å²) in [5, 5.41) is 0.957. The maximum atomic E-state index is 12.2. The zero-order valence-electron chi connectivity index (χ0n) is 11.6. The van der Waals surface area contributed by atoms with Crippen LogP contribution in [0.15, 0.2) is 18.2 Å². The Morgan fingerprint density at radius 2 is 2.15 bits per heavy atom. The van der Waals surface area contributed by atoms with E-state index in [1.54, 1.807) is 18.2 Å². The minimum atomic E-state index is -0.0170. The predicted octanol–water partition coefficient (Wildman–Crippen LogP) is 2.53. The molecule has 1 heterocycles. The van der Waals surface area contributed by atoms with Gasteiger partial charge in [-0.05, 0) is 32.2 Å². The molecule has 0 radical (unpaired) electrons. The van der Waals surface area contributed by atoms with Gasteiger partial charge in [-0.2, -0.15) is 0 Å². The van der Waals surface area contributed by atoms with E-state index in [9.17, 15) is 4.79 Å². The summed E-state index contributed by atoms with van der Waals surface area (Å²) in [6.07, 6.45) is 0. The van der Waals surface area contributed by atoms with Crippen molar-refractivity contribution < 1.29 is 9.53 Å². The number of halogens is 2. The maximum absolute atomic E-state index is 12.2. The molecule has 4 nitrogen and oxygen atoms in total. The molecule has 0 N–H and O–H groups in total. The Balaban J connectivity index is 1.92. The number of carbonyl (C=O) groups excluding carboxylic acids is 1. The van der Waals surface area contributed by atoms with Crippen molar-refractivity contribution in [3.05, 3.63) is 28.2 Å². The van der Waals surface area contributed by atoms with E-state index in [1.807, 2.05) is 11.8 Å². The topological polar surface area (TPSA) is 32.8 Å². The summed E-state index contributed by atoms with van der Waals surface area (Å²) in [4.78, 5) is 16.2. The zero-order valence-corrected chi connectivity index (χ0v) is 13.1. The molecular weight excluding hydrogens is 299 g/mol. The van der Waals surface area contributed by atoms with Gasteiger partial charge in [-0.3, -0.25) is 4.79 Å². The molecule has 110 valence electrons. The summed E-state index contributed by atoms with van der Waals surface area (Å²) >= 11 is 11.8. The first-order valence-electron chi connectivity index (χ1n) is 6.53. The Hall–Kier alpha value is -0.970. The number of nitrogens with zero attached hydrogens (tertiary/aromatic N) is 2. The third-order valence-corrected chi connectivity index (χ3v) is 3.93. The van der Waals surface area contributed by atoms with Crippen molar-refractivity contribution in [2.45, 2.75) is 13.0 Å². The molecule has 1 fully saturated rings. The second-order valence-electron chi connectivity index (χ2n) is 5.06. The highest BCUT2D eigenvalue weighted by molar-refractivity contribution is 6.35. The number of likely N-dealkylation sites (N-methyl/N-ethyl adjacent to an activating group) is 1. The smallest absolute Gasteiger partial charge is 0.260 e. The van der Waals surface area contributed by atoms with Crippen molar-refractivity contribution in [3.8, 4) is 5.75 Å². The van der Waals surface area contributed by atoms with Gasteiger partial charge in [-0.15, -0.1) is 0 Å². The van der Waals surface area contributed by atoms with Crippen LogP contribution < -0.4 is 4.74 Å². The minimum absolute atomic E-state index is 0.00456. The molecular formula is C14H18Cl2N2O2. The van der Waals surface area contributed by atoms with Crippen LogP contribution >= 0.6 is 23.2 Å². The summed E-state index contributed by atoms with van der Waals surface area (Å²) in [6, 6.07) is 5.16. The van der Waals surface area contributed by atoms with Crippen LogP contribution in [0.5, 0.6) is 5.75 Å². The largest absolute Gasteiger partial charge is 0.482 e. The van der Waals surface area contributed by atoms with Crippen LogP contribution in [0.3, 0.4) is 0 Å². The lowest BCUT2D eigenvalue weighted by atomic mass is 10.2. The van der Waals surface area contributed by atoms with Gasteiger partial charge in [0.2, 0.25) is 0 Å². The Morgan fingerprint density at radius 3 is 2.80 bits per heavy atom. The van der Waals surface area contributed by atoms with Crippen molar-refractivity contribution in [1.29, 1.82) is 0 Å². The van der Waals surface area contributed by atoms with Crippen molar-refractivity contribution in [2.24, 2.45) is 0 Å². The van der Waals surface area contributed by atoms with Gasteiger partial charge in [0, 0.05) is 30.7 Å². The molecule has 6 heteroatoms. The van der Waals surface area contributed by atoms with Crippen molar-refractivity contribution in [3.63, 3.8) is 0 Å². The molecule has 0 spiro atoms. The second kappa shape index (κ2) is 6.66. The van der Waals surface area contributed by atoms with Gasteiger partial charge in [-0.1, -0.05) is 23.2 Å². The van der Waals surface area contributed by atoms with Crippen LogP contribution in [0.25, 0.3) is 0 Å². The van der Waals surface area contributed by atoms with Crippen molar-refractivity contribution in [1.82, 2.24) is 9.80 Å². The van der Waals surface area contributed by atoms with E-state index in [4.69, 9.17) is 27.9 Å². The maximum Gasteiger partial charge on any atom is 0.260 e. The third kappa shape index (κ3) is 3.78. The number of hydrogen-bond acceptors (Lipinski definition) is 3. The fraction of sp³-hybridized carbons (Fsp3) is 0.500. The first kappa shape index (κ1) is 15.4. The summed E-state index contributed by atoms with van der Waals surface area (Å²) in [5.74, 6) is 0.461. The fourth-order valence-electron chi connectivity index (χ4n) is 2.32. The number of ether oxygens (including phenoxy) is 1. The second-order valence-corrected chi connectivity index (χ2v) is 5.91. The van der Waals surface area contributed by atoms with Crippen LogP contribution in [-0.2, 0) is 4.79 Å². The van der Waals surface area contributed by atoms with E-state index < -0.39 is 0 Å². The van der Waals surface area contributed by atoms with Gasteiger partial charge in [0.15, 0.2) is 6.61 Å². The Labute approximate surface area is 129 Å². The molecule has 1 saturated heterocycles. The number of piperazine rings is 1. The van der Waals surface area contributed by atoms with E-state index in [1.165, 1.54) is 0 Å². The monoisotopic (exact) mass is 316 g/mol. The molecule has 1 aliphatic rings. The number of rotatable bonds is 3. The average molecular weight is 317 g/mol. The zero-order chi connectivity index (χ0) is 14.7. The normalized spacial score (nSPS) is 20.0. The molecule has 0 aliphatic carbocycles. The number of hydrogen-bond donors (Lipinski definition) is 0. The Bertz CT molecular complexity index is 496. The molecule has 1 aromatic rings. The first-order valence-corrected chi connectivity index (χ1v) is 7.29. The number of benzene rings is 1. The Kier molecular flexibility index (Phi) is 5.13. The van der Waals surface area contributed by atoms with E-state index in [2.05, 4.69) is 11.9 Å². The predicted molar refractivity (Wildman–Crippen MR) is 80.6 cm³/mol. The van der Waals surface area contributed by atoms with E-state index in [-0.39, 0.29) is 18.6 Å². The summed E-state index contributed by atoms with van der Waals surface area (Å²) in [5.41, 5.74) is 0. The lowest BCUT2D eigenvalue weighted by Crippen LogP contribution is -2.53. The highest BCUT2D eigenvalue weighted by atomic mass is 35.5. The van der Waals surface area contributed by atoms with Gasteiger partial charge in [0.1, 0.15) is 5.75 Å². The van der Waals surface area contributed by atoms with Crippen molar-refractivity contribution in [2.75, 3.05) is 33.3 Å². The highest BCUT2D eigenvalue weighted by Gasteiger charge is 2.25. The van der Waals surface area contributed by atoms with E-state index in [0.717, 1.165) is 19.6 Å². The summed E-state index contributed by atoms with van der Waals surface area (Å²) < 4.78 is 5.49. The summed E-state index contributed by atoms with van der Waals surface area (Å²) in [7, 11) is 2.06. The Morgan fingerprint density at radius 1 is 1.40 bits per heavy atom. The highest BCUT2D eigenvalue weighted by Crippen LogP contribution is 2.27. The van der Waals surface area contributed by atoms with Gasteiger partial charge in [0.25, 0.3) is 5.91 Å². The van der Waals surface area contributed by atoms with E-state index >= 15 is 0 Å². The molecule has 20 heavy (non-hydrogen) atoms. The molecule has 0 saturated carbocycles. The molecule has 0 bridgehead atoms. The molecule has 2 rings (SSSR count). The third-order valence-electron chi connectivity index (χ3n) is 3.40. The van der Waals surface area contributed by atoms with Crippen LogP contribution in [0.1, 0.15) is 6.92 Å². The summed E-state index contributed by atoms with van der Waals surface area (Å²) in [6.45, 7) is 4.54. The fourth-order valence-corrected chi connectivity index (χ4v) is 2.79. The van der Waals surface area contributed by atoms with Crippen LogP contribution in [0, 0.1) is 0 Å². The molecule has 0 aromatic heterocycles. The van der Waals surface area contributed by atoms with Crippen LogP contribution in [0.4, 0.5) is 0 Å². The lowest BCUT2D eigenvalue weighted by molar-refractivity contribution is -0.137. The SMILES string of the molecule is CC1CN(C)CCN1C(=O)COc1ccc(Cl)cc1Cl.